The van der Waals surface area contributed by atoms with Crippen LogP contribution in [0.25, 0.3) is 0 Å². The van der Waals surface area contributed by atoms with Gasteiger partial charge in [-0.05, 0) is 37.3 Å². The zero-order chi connectivity index (χ0) is 20.7. The standard InChI is InChI=1S/C18H16BrN3O6/c1-11(20-17(24)12-3-2-4-15(9-12)22(26)27)18(25)28-10-16(23)21-14-7-5-13(19)6-8-14/h2-9,11H,10H2,1H3,(H,20,24)(H,21,23)/t11-/m0/s1. The van der Waals surface area contributed by atoms with E-state index in [1.807, 2.05) is 0 Å². The van der Waals surface area contributed by atoms with E-state index in [1.54, 1.807) is 24.3 Å². The highest BCUT2D eigenvalue weighted by molar-refractivity contribution is 9.10. The van der Waals surface area contributed by atoms with Crippen LogP contribution in [0.1, 0.15) is 17.3 Å². The van der Waals surface area contributed by atoms with E-state index in [2.05, 4.69) is 26.6 Å². The zero-order valence-corrected chi connectivity index (χ0v) is 16.3. The molecule has 0 aromatic heterocycles. The summed E-state index contributed by atoms with van der Waals surface area (Å²) in [5.74, 6) is -2.02. The van der Waals surface area contributed by atoms with E-state index >= 15 is 0 Å². The van der Waals surface area contributed by atoms with E-state index in [9.17, 15) is 24.5 Å². The van der Waals surface area contributed by atoms with Gasteiger partial charge in [0.2, 0.25) is 0 Å². The van der Waals surface area contributed by atoms with Crippen LogP contribution in [-0.4, -0.2) is 35.4 Å². The number of ether oxygens (including phenoxy) is 1. The second-order valence-electron chi connectivity index (χ2n) is 5.67. The average molecular weight is 450 g/mol. The number of esters is 1. The highest BCUT2D eigenvalue weighted by Crippen LogP contribution is 2.14. The summed E-state index contributed by atoms with van der Waals surface area (Å²) in [5.41, 5.74) is 0.325. The van der Waals surface area contributed by atoms with Crippen molar-refractivity contribution in [1.29, 1.82) is 0 Å². The Labute approximate surface area is 168 Å². The quantitative estimate of drug-likeness (QED) is 0.379. The molecule has 2 aromatic carbocycles. The predicted molar refractivity (Wildman–Crippen MR) is 104 cm³/mol. The van der Waals surface area contributed by atoms with Gasteiger partial charge in [-0.1, -0.05) is 22.0 Å². The average Bonchev–Trinajstić information content (AvgIpc) is 2.67. The van der Waals surface area contributed by atoms with Gasteiger partial charge in [0.05, 0.1) is 4.92 Å². The minimum absolute atomic E-state index is 0.0295. The van der Waals surface area contributed by atoms with Gasteiger partial charge in [0, 0.05) is 27.9 Å². The summed E-state index contributed by atoms with van der Waals surface area (Å²) in [6.45, 7) is 0.857. The van der Waals surface area contributed by atoms with E-state index in [1.165, 1.54) is 25.1 Å². The summed E-state index contributed by atoms with van der Waals surface area (Å²) in [6.07, 6.45) is 0. The second-order valence-corrected chi connectivity index (χ2v) is 6.58. The molecular weight excluding hydrogens is 434 g/mol. The molecule has 1 atom stereocenters. The van der Waals surface area contributed by atoms with Gasteiger partial charge in [-0.3, -0.25) is 19.7 Å². The van der Waals surface area contributed by atoms with Crippen molar-refractivity contribution in [2.75, 3.05) is 11.9 Å². The van der Waals surface area contributed by atoms with Gasteiger partial charge in [0.25, 0.3) is 17.5 Å². The normalized spacial score (nSPS) is 11.2. The second kappa shape index (κ2) is 9.60. The van der Waals surface area contributed by atoms with E-state index < -0.39 is 35.4 Å². The summed E-state index contributed by atoms with van der Waals surface area (Å²) in [6, 6.07) is 10.9. The van der Waals surface area contributed by atoms with Crippen LogP contribution >= 0.6 is 15.9 Å². The van der Waals surface area contributed by atoms with Crippen molar-refractivity contribution in [1.82, 2.24) is 5.32 Å². The van der Waals surface area contributed by atoms with Gasteiger partial charge in [0.15, 0.2) is 6.61 Å². The minimum atomic E-state index is -1.05. The monoisotopic (exact) mass is 449 g/mol. The van der Waals surface area contributed by atoms with E-state index in [0.717, 1.165) is 10.5 Å². The first kappa shape index (κ1) is 21.0. The maximum absolute atomic E-state index is 12.1. The number of anilines is 1. The number of amides is 2. The first-order chi connectivity index (χ1) is 13.3. The van der Waals surface area contributed by atoms with Gasteiger partial charge in [-0.15, -0.1) is 0 Å². The molecule has 0 spiro atoms. The lowest BCUT2D eigenvalue weighted by Gasteiger charge is -2.13. The number of carbonyl (C=O) groups excluding carboxylic acids is 3. The minimum Gasteiger partial charge on any atom is -0.454 e. The van der Waals surface area contributed by atoms with Crippen molar-refractivity contribution in [2.45, 2.75) is 13.0 Å². The predicted octanol–water partition coefficient (Wildman–Crippen LogP) is 2.66. The SMILES string of the molecule is C[C@H](NC(=O)c1cccc([N+](=O)[O-])c1)C(=O)OCC(=O)Nc1ccc(Br)cc1. The number of rotatable bonds is 7. The zero-order valence-electron chi connectivity index (χ0n) is 14.7. The van der Waals surface area contributed by atoms with Crippen LogP contribution in [0.4, 0.5) is 11.4 Å². The van der Waals surface area contributed by atoms with Crippen molar-refractivity contribution in [3.8, 4) is 0 Å². The van der Waals surface area contributed by atoms with Crippen molar-refractivity contribution >= 4 is 45.1 Å². The maximum Gasteiger partial charge on any atom is 0.328 e. The number of hydrogen-bond acceptors (Lipinski definition) is 6. The fraction of sp³-hybridized carbons (Fsp3) is 0.167. The van der Waals surface area contributed by atoms with Gasteiger partial charge in [-0.2, -0.15) is 0 Å². The van der Waals surface area contributed by atoms with Crippen molar-refractivity contribution in [3.05, 3.63) is 68.7 Å². The van der Waals surface area contributed by atoms with E-state index in [-0.39, 0.29) is 11.3 Å². The summed E-state index contributed by atoms with van der Waals surface area (Å²) in [5, 5.41) is 15.7. The number of benzene rings is 2. The Morgan fingerprint density at radius 1 is 1.18 bits per heavy atom. The largest absolute Gasteiger partial charge is 0.454 e. The Morgan fingerprint density at radius 3 is 2.50 bits per heavy atom. The summed E-state index contributed by atoms with van der Waals surface area (Å²) in [7, 11) is 0. The lowest BCUT2D eigenvalue weighted by molar-refractivity contribution is -0.384. The Bertz CT molecular complexity index is 900. The fourth-order valence-corrected chi connectivity index (χ4v) is 2.36. The fourth-order valence-electron chi connectivity index (χ4n) is 2.09. The molecular formula is C18H16BrN3O6. The molecule has 0 bridgehead atoms. The highest BCUT2D eigenvalue weighted by atomic mass is 79.9. The summed E-state index contributed by atoms with van der Waals surface area (Å²) < 4.78 is 5.73. The summed E-state index contributed by atoms with van der Waals surface area (Å²) >= 11 is 3.27. The molecule has 2 aromatic rings. The van der Waals surface area contributed by atoms with Gasteiger partial charge >= 0.3 is 5.97 Å². The lowest BCUT2D eigenvalue weighted by Crippen LogP contribution is -2.40. The number of halogens is 1. The first-order valence-corrected chi connectivity index (χ1v) is 8.83. The molecule has 2 amide bonds. The Morgan fingerprint density at radius 2 is 1.86 bits per heavy atom. The summed E-state index contributed by atoms with van der Waals surface area (Å²) in [4.78, 5) is 46.0. The van der Waals surface area contributed by atoms with Gasteiger partial charge in [-0.25, -0.2) is 4.79 Å². The molecule has 28 heavy (non-hydrogen) atoms. The third-order valence-electron chi connectivity index (χ3n) is 3.49. The molecule has 0 unspecified atom stereocenters. The van der Waals surface area contributed by atoms with Gasteiger partial charge in [0.1, 0.15) is 6.04 Å². The van der Waals surface area contributed by atoms with Crippen molar-refractivity contribution in [3.63, 3.8) is 0 Å². The number of hydrogen-bond donors (Lipinski definition) is 2. The third-order valence-corrected chi connectivity index (χ3v) is 4.02. The third kappa shape index (κ3) is 6.16. The van der Waals surface area contributed by atoms with E-state index in [4.69, 9.17) is 4.74 Å². The Hall–Kier alpha value is -3.27. The van der Waals surface area contributed by atoms with Crippen LogP contribution in [-0.2, 0) is 14.3 Å². The number of nitro benzene ring substituents is 1. The van der Waals surface area contributed by atoms with E-state index in [0.29, 0.717) is 5.69 Å². The number of nitrogens with zero attached hydrogens (tertiary/aromatic N) is 1. The molecule has 10 heteroatoms. The molecule has 2 N–H and O–H groups in total. The number of carbonyl (C=O) groups is 3. The molecule has 0 fully saturated rings. The van der Waals surface area contributed by atoms with Crippen molar-refractivity contribution < 1.29 is 24.0 Å². The maximum atomic E-state index is 12.1. The molecule has 0 aliphatic heterocycles. The number of nitrogens with one attached hydrogen (secondary N) is 2. The molecule has 0 saturated carbocycles. The number of non-ortho nitro benzene ring substituents is 1. The number of nitro groups is 1. The molecule has 9 nitrogen and oxygen atoms in total. The van der Waals surface area contributed by atoms with Crippen LogP contribution in [0.15, 0.2) is 53.0 Å². The van der Waals surface area contributed by atoms with Crippen LogP contribution in [0.2, 0.25) is 0 Å². The smallest absolute Gasteiger partial charge is 0.328 e. The van der Waals surface area contributed by atoms with Crippen LogP contribution in [0.5, 0.6) is 0 Å². The highest BCUT2D eigenvalue weighted by Gasteiger charge is 2.20. The molecule has 0 aliphatic carbocycles. The lowest BCUT2D eigenvalue weighted by atomic mass is 10.2. The Kier molecular flexibility index (Phi) is 7.21. The molecule has 0 saturated heterocycles. The van der Waals surface area contributed by atoms with Crippen LogP contribution in [0.3, 0.4) is 0 Å². The Balaban J connectivity index is 1.84. The molecule has 146 valence electrons. The molecule has 0 heterocycles. The first-order valence-electron chi connectivity index (χ1n) is 8.03. The van der Waals surface area contributed by atoms with Crippen LogP contribution < -0.4 is 10.6 Å². The van der Waals surface area contributed by atoms with Crippen LogP contribution in [0, 0.1) is 10.1 Å². The molecule has 0 radical (unpaired) electrons. The topological polar surface area (TPSA) is 128 Å². The molecule has 0 aliphatic rings. The molecule has 2 rings (SSSR count). The van der Waals surface area contributed by atoms with Gasteiger partial charge < -0.3 is 15.4 Å². The van der Waals surface area contributed by atoms with Crippen molar-refractivity contribution in [2.24, 2.45) is 0 Å².